The molecule has 0 aliphatic heterocycles. The summed E-state index contributed by atoms with van der Waals surface area (Å²) in [5.41, 5.74) is 3.04. The smallest absolute Gasteiger partial charge is 0.406 e. The zero-order valence-electron chi connectivity index (χ0n) is 12.7. The Bertz CT molecular complexity index is 710. The summed E-state index contributed by atoms with van der Waals surface area (Å²) in [6.45, 7) is 3.75. The number of nitrogens with zero attached hydrogens (tertiary/aromatic N) is 2. The molecule has 5 nitrogen and oxygen atoms in total. The van der Waals surface area contributed by atoms with Crippen LogP contribution in [0, 0.1) is 13.8 Å². The molecule has 124 valence electrons. The van der Waals surface area contributed by atoms with E-state index in [4.69, 9.17) is 12.2 Å². The van der Waals surface area contributed by atoms with Crippen LogP contribution < -0.4 is 15.4 Å². The summed E-state index contributed by atoms with van der Waals surface area (Å²) >= 11 is 5.20. The van der Waals surface area contributed by atoms with Crippen LogP contribution in [0.1, 0.15) is 11.4 Å². The number of aryl methyl sites for hydroxylation is 2. The highest BCUT2D eigenvalue weighted by Crippen LogP contribution is 2.24. The molecule has 0 fully saturated rings. The molecule has 1 heterocycles. The predicted molar refractivity (Wildman–Crippen MR) is 85.7 cm³/mol. The van der Waals surface area contributed by atoms with Gasteiger partial charge in [-0.15, -0.1) is 13.2 Å². The van der Waals surface area contributed by atoms with Gasteiger partial charge in [0.25, 0.3) is 0 Å². The molecule has 2 rings (SSSR count). The fraction of sp³-hybridized carbons (Fsp3) is 0.286. The van der Waals surface area contributed by atoms with Gasteiger partial charge < -0.3 is 15.4 Å². The van der Waals surface area contributed by atoms with E-state index in [0.717, 1.165) is 17.1 Å². The molecule has 0 saturated carbocycles. The molecule has 0 aliphatic rings. The van der Waals surface area contributed by atoms with Gasteiger partial charge in [-0.3, -0.25) is 4.68 Å². The van der Waals surface area contributed by atoms with Crippen molar-refractivity contribution in [2.75, 3.05) is 10.6 Å². The second-order valence-electron chi connectivity index (χ2n) is 4.82. The fourth-order valence-electron chi connectivity index (χ4n) is 1.97. The van der Waals surface area contributed by atoms with E-state index in [1.807, 2.05) is 20.9 Å². The number of nitrogens with one attached hydrogen (secondary N) is 2. The summed E-state index contributed by atoms with van der Waals surface area (Å²) in [4.78, 5) is 0. The van der Waals surface area contributed by atoms with Crippen LogP contribution in [0.3, 0.4) is 0 Å². The number of ether oxygens (including phenoxy) is 1. The summed E-state index contributed by atoms with van der Waals surface area (Å²) in [5, 5.41) is 10.5. The number of thiocarbonyl (C=S) groups is 1. The second-order valence-corrected chi connectivity index (χ2v) is 5.23. The number of benzene rings is 1. The lowest BCUT2D eigenvalue weighted by Crippen LogP contribution is -2.20. The first-order valence-electron chi connectivity index (χ1n) is 6.60. The molecule has 0 saturated heterocycles. The highest BCUT2D eigenvalue weighted by Gasteiger charge is 2.30. The Labute approximate surface area is 136 Å². The maximum absolute atomic E-state index is 12.1. The Morgan fingerprint density at radius 3 is 2.26 bits per heavy atom. The van der Waals surface area contributed by atoms with Crippen molar-refractivity contribution >= 4 is 28.7 Å². The first-order chi connectivity index (χ1) is 10.7. The average Bonchev–Trinajstić information content (AvgIpc) is 2.66. The van der Waals surface area contributed by atoms with Crippen LogP contribution in [-0.4, -0.2) is 21.3 Å². The van der Waals surface area contributed by atoms with Crippen LogP contribution in [0.15, 0.2) is 24.3 Å². The molecule has 2 aromatic rings. The summed E-state index contributed by atoms with van der Waals surface area (Å²) in [6.07, 6.45) is -4.71. The quantitative estimate of drug-likeness (QED) is 0.831. The minimum absolute atomic E-state index is 0.291. The molecule has 0 amide bonds. The molecule has 23 heavy (non-hydrogen) atoms. The number of hydrogen-bond acceptors (Lipinski definition) is 3. The third-order valence-electron chi connectivity index (χ3n) is 3.09. The van der Waals surface area contributed by atoms with E-state index >= 15 is 0 Å². The van der Waals surface area contributed by atoms with Gasteiger partial charge in [-0.25, -0.2) is 0 Å². The maximum atomic E-state index is 12.1. The van der Waals surface area contributed by atoms with Crippen molar-refractivity contribution in [1.29, 1.82) is 0 Å². The van der Waals surface area contributed by atoms with Gasteiger partial charge in [-0.05, 0) is 50.3 Å². The molecule has 1 aromatic heterocycles. The highest BCUT2D eigenvalue weighted by atomic mass is 32.1. The number of halogens is 3. The molecular formula is C14H15F3N4OS. The Balaban J connectivity index is 2.00. The fourth-order valence-corrected chi connectivity index (χ4v) is 2.19. The SMILES string of the molecule is Cc1nn(C)c(C)c1NC(=S)Nc1ccc(OC(F)(F)F)cc1. The van der Waals surface area contributed by atoms with Gasteiger partial charge in [-0.1, -0.05) is 0 Å². The topological polar surface area (TPSA) is 51.1 Å². The monoisotopic (exact) mass is 344 g/mol. The van der Waals surface area contributed by atoms with E-state index in [1.165, 1.54) is 24.3 Å². The first-order valence-corrected chi connectivity index (χ1v) is 7.00. The Kier molecular flexibility index (Phi) is 4.79. The van der Waals surface area contributed by atoms with Gasteiger partial charge in [0.2, 0.25) is 0 Å². The zero-order valence-corrected chi connectivity index (χ0v) is 13.5. The molecule has 0 atom stereocenters. The van der Waals surface area contributed by atoms with Crippen LogP contribution >= 0.6 is 12.2 Å². The van der Waals surface area contributed by atoms with Crippen LogP contribution in [0.5, 0.6) is 5.75 Å². The Morgan fingerprint density at radius 1 is 1.17 bits per heavy atom. The number of anilines is 2. The van der Waals surface area contributed by atoms with Crippen molar-refractivity contribution in [3.8, 4) is 5.75 Å². The maximum Gasteiger partial charge on any atom is 0.573 e. The first kappa shape index (κ1) is 17.1. The molecule has 0 radical (unpaired) electrons. The molecule has 0 bridgehead atoms. The van der Waals surface area contributed by atoms with Gasteiger partial charge in [-0.2, -0.15) is 5.10 Å². The van der Waals surface area contributed by atoms with E-state index in [-0.39, 0.29) is 5.75 Å². The van der Waals surface area contributed by atoms with E-state index in [1.54, 1.807) is 4.68 Å². The van der Waals surface area contributed by atoms with E-state index in [2.05, 4.69) is 20.5 Å². The molecule has 1 aromatic carbocycles. The van der Waals surface area contributed by atoms with E-state index in [9.17, 15) is 13.2 Å². The number of aromatic nitrogens is 2. The van der Waals surface area contributed by atoms with Gasteiger partial charge >= 0.3 is 6.36 Å². The van der Waals surface area contributed by atoms with Crippen molar-refractivity contribution in [3.63, 3.8) is 0 Å². The zero-order chi connectivity index (χ0) is 17.2. The lowest BCUT2D eigenvalue weighted by Gasteiger charge is -2.12. The Morgan fingerprint density at radius 2 is 1.78 bits per heavy atom. The number of alkyl halides is 3. The van der Waals surface area contributed by atoms with Crippen LogP contribution in [-0.2, 0) is 7.05 Å². The lowest BCUT2D eigenvalue weighted by atomic mass is 10.3. The summed E-state index contributed by atoms with van der Waals surface area (Å²) in [6, 6.07) is 5.30. The number of rotatable bonds is 3. The van der Waals surface area contributed by atoms with Crippen molar-refractivity contribution in [2.24, 2.45) is 7.05 Å². The van der Waals surface area contributed by atoms with Crippen molar-refractivity contribution in [1.82, 2.24) is 9.78 Å². The third-order valence-corrected chi connectivity index (χ3v) is 3.30. The van der Waals surface area contributed by atoms with Gasteiger partial charge in [0, 0.05) is 12.7 Å². The van der Waals surface area contributed by atoms with Crippen molar-refractivity contribution in [3.05, 3.63) is 35.7 Å². The molecule has 0 unspecified atom stereocenters. The second kappa shape index (κ2) is 6.45. The van der Waals surface area contributed by atoms with Gasteiger partial charge in [0.05, 0.1) is 17.1 Å². The van der Waals surface area contributed by atoms with Crippen LogP contribution in [0.2, 0.25) is 0 Å². The lowest BCUT2D eigenvalue weighted by molar-refractivity contribution is -0.274. The standard InChI is InChI=1S/C14H15F3N4OS/c1-8-12(9(2)21(3)20-8)19-13(23)18-10-4-6-11(7-5-10)22-14(15,16)17/h4-7H,1-3H3,(H2,18,19,23). The van der Waals surface area contributed by atoms with Gasteiger partial charge in [0.1, 0.15) is 5.75 Å². The van der Waals surface area contributed by atoms with Crippen LogP contribution in [0.25, 0.3) is 0 Å². The van der Waals surface area contributed by atoms with Gasteiger partial charge in [0.15, 0.2) is 5.11 Å². The minimum Gasteiger partial charge on any atom is -0.406 e. The number of hydrogen-bond donors (Lipinski definition) is 2. The molecular weight excluding hydrogens is 329 g/mol. The van der Waals surface area contributed by atoms with Crippen molar-refractivity contribution in [2.45, 2.75) is 20.2 Å². The molecule has 2 N–H and O–H groups in total. The molecule has 9 heteroatoms. The minimum atomic E-state index is -4.71. The van der Waals surface area contributed by atoms with E-state index in [0.29, 0.717) is 10.8 Å². The Hall–Kier alpha value is -2.29. The largest absolute Gasteiger partial charge is 0.573 e. The normalized spacial score (nSPS) is 11.2. The summed E-state index contributed by atoms with van der Waals surface area (Å²) in [5.74, 6) is -0.291. The highest BCUT2D eigenvalue weighted by molar-refractivity contribution is 7.80. The van der Waals surface area contributed by atoms with E-state index < -0.39 is 6.36 Å². The average molecular weight is 344 g/mol. The molecule has 0 aliphatic carbocycles. The summed E-state index contributed by atoms with van der Waals surface area (Å²) in [7, 11) is 1.82. The summed E-state index contributed by atoms with van der Waals surface area (Å²) < 4.78 is 41.8. The van der Waals surface area contributed by atoms with Crippen molar-refractivity contribution < 1.29 is 17.9 Å². The third kappa shape index (κ3) is 4.59. The van der Waals surface area contributed by atoms with Crippen LogP contribution in [0.4, 0.5) is 24.5 Å². The molecule has 0 spiro atoms. The predicted octanol–water partition coefficient (Wildman–Crippen LogP) is 3.74.